The number of nitrogens with zero attached hydrogens (tertiary/aromatic N) is 2. The highest BCUT2D eigenvalue weighted by atomic mass is 16.5. The van der Waals surface area contributed by atoms with Crippen molar-refractivity contribution in [2.45, 2.75) is 12.5 Å². The van der Waals surface area contributed by atoms with Gasteiger partial charge in [0.15, 0.2) is 0 Å². The molecule has 0 aliphatic carbocycles. The molecule has 7 nitrogen and oxygen atoms in total. The van der Waals surface area contributed by atoms with E-state index in [1.54, 1.807) is 30.1 Å². The topological polar surface area (TPSA) is 71.1 Å². The Hall–Kier alpha value is -2.80. The van der Waals surface area contributed by atoms with Crippen LogP contribution in [0.5, 0.6) is 5.75 Å². The lowest BCUT2D eigenvalue weighted by Gasteiger charge is -2.33. The molecule has 2 aliphatic heterocycles. The molecule has 3 amide bonds. The van der Waals surface area contributed by atoms with E-state index in [9.17, 15) is 9.59 Å². The standard InChI is InChI=1S/C20H25N3O4/c1-4-10-23-16-13-22(11-5-12-26-2)19(24)17(16)18(21-20(23)25)14-6-8-15(27-3)9-7-14/h4,6-9,18H,1,5,10-13H2,2-3H3,(H,21,25). The van der Waals surface area contributed by atoms with Crippen LogP contribution in [0.2, 0.25) is 0 Å². The van der Waals surface area contributed by atoms with E-state index in [0.717, 1.165) is 23.4 Å². The van der Waals surface area contributed by atoms with Gasteiger partial charge in [-0.05, 0) is 24.1 Å². The first-order valence-electron chi connectivity index (χ1n) is 8.94. The minimum atomic E-state index is -0.473. The number of benzene rings is 1. The molecule has 1 unspecified atom stereocenters. The number of hydrogen-bond acceptors (Lipinski definition) is 4. The Morgan fingerprint density at radius 1 is 1.26 bits per heavy atom. The van der Waals surface area contributed by atoms with Gasteiger partial charge in [-0.3, -0.25) is 9.69 Å². The van der Waals surface area contributed by atoms with Crippen molar-refractivity contribution in [3.8, 4) is 5.75 Å². The van der Waals surface area contributed by atoms with Crippen LogP contribution in [-0.2, 0) is 9.53 Å². The second-order valence-electron chi connectivity index (χ2n) is 6.49. The maximum absolute atomic E-state index is 13.1. The lowest BCUT2D eigenvalue weighted by Crippen LogP contribution is -2.47. The summed E-state index contributed by atoms with van der Waals surface area (Å²) in [5.74, 6) is 0.679. The number of carbonyl (C=O) groups is 2. The van der Waals surface area contributed by atoms with Crippen molar-refractivity contribution in [3.63, 3.8) is 0 Å². The van der Waals surface area contributed by atoms with E-state index in [-0.39, 0.29) is 11.9 Å². The molecule has 7 heteroatoms. The fraction of sp³-hybridized carbons (Fsp3) is 0.400. The van der Waals surface area contributed by atoms with Gasteiger partial charge in [-0.1, -0.05) is 18.2 Å². The van der Waals surface area contributed by atoms with Crippen molar-refractivity contribution in [1.29, 1.82) is 0 Å². The molecule has 0 aromatic heterocycles. The van der Waals surface area contributed by atoms with Crippen molar-refractivity contribution in [2.24, 2.45) is 0 Å². The largest absolute Gasteiger partial charge is 0.497 e. The molecule has 0 spiro atoms. The SMILES string of the molecule is C=CCN1C(=O)NC(c2ccc(OC)cc2)C2=C1CN(CCCOC)C2=O. The Bertz CT molecular complexity index is 757. The fourth-order valence-corrected chi connectivity index (χ4v) is 3.50. The number of nitrogens with one attached hydrogen (secondary N) is 1. The van der Waals surface area contributed by atoms with Gasteiger partial charge in [0.2, 0.25) is 0 Å². The van der Waals surface area contributed by atoms with Crippen LogP contribution in [0.25, 0.3) is 0 Å². The molecule has 0 saturated carbocycles. The molecule has 1 N–H and O–H groups in total. The normalized spacial score (nSPS) is 19.3. The number of urea groups is 1. The van der Waals surface area contributed by atoms with Crippen LogP contribution >= 0.6 is 0 Å². The number of rotatable bonds is 8. The third-order valence-electron chi connectivity index (χ3n) is 4.83. The zero-order valence-corrected chi connectivity index (χ0v) is 15.7. The van der Waals surface area contributed by atoms with Crippen LogP contribution in [0.3, 0.4) is 0 Å². The van der Waals surface area contributed by atoms with Gasteiger partial charge in [-0.15, -0.1) is 6.58 Å². The van der Waals surface area contributed by atoms with Gasteiger partial charge < -0.3 is 19.7 Å². The lowest BCUT2D eigenvalue weighted by atomic mass is 9.95. The molecule has 0 fully saturated rings. The Labute approximate surface area is 159 Å². The van der Waals surface area contributed by atoms with Crippen LogP contribution < -0.4 is 10.1 Å². The molecule has 144 valence electrons. The van der Waals surface area contributed by atoms with E-state index < -0.39 is 6.04 Å². The van der Waals surface area contributed by atoms with Gasteiger partial charge in [0.25, 0.3) is 5.91 Å². The molecule has 27 heavy (non-hydrogen) atoms. The van der Waals surface area contributed by atoms with Crippen molar-refractivity contribution < 1.29 is 19.1 Å². The summed E-state index contributed by atoms with van der Waals surface area (Å²) in [4.78, 5) is 29.1. The number of ether oxygens (including phenoxy) is 2. The quantitative estimate of drug-likeness (QED) is 0.561. The minimum Gasteiger partial charge on any atom is -0.497 e. The highest BCUT2D eigenvalue weighted by Gasteiger charge is 2.43. The number of carbonyl (C=O) groups excluding carboxylic acids is 2. The van der Waals surface area contributed by atoms with Gasteiger partial charge in [0.1, 0.15) is 5.75 Å². The summed E-state index contributed by atoms with van der Waals surface area (Å²) in [5.41, 5.74) is 2.22. The average molecular weight is 371 g/mol. The zero-order valence-electron chi connectivity index (χ0n) is 15.7. The summed E-state index contributed by atoms with van der Waals surface area (Å²) in [6.07, 6.45) is 2.41. The second-order valence-corrected chi connectivity index (χ2v) is 6.49. The Morgan fingerprint density at radius 3 is 2.63 bits per heavy atom. The summed E-state index contributed by atoms with van der Waals surface area (Å²) in [5, 5.41) is 2.96. The molecular weight excluding hydrogens is 346 g/mol. The van der Waals surface area contributed by atoms with Gasteiger partial charge in [-0.2, -0.15) is 0 Å². The fourth-order valence-electron chi connectivity index (χ4n) is 3.50. The summed E-state index contributed by atoms with van der Waals surface area (Å²) in [7, 11) is 3.24. The van der Waals surface area contributed by atoms with E-state index >= 15 is 0 Å². The molecule has 3 rings (SSSR count). The van der Waals surface area contributed by atoms with Gasteiger partial charge in [-0.25, -0.2) is 4.79 Å². The highest BCUT2D eigenvalue weighted by molar-refractivity contribution is 6.01. The lowest BCUT2D eigenvalue weighted by molar-refractivity contribution is -0.125. The molecule has 0 saturated heterocycles. The monoisotopic (exact) mass is 371 g/mol. The first kappa shape index (κ1) is 19.0. The van der Waals surface area contributed by atoms with Crippen molar-refractivity contribution in [2.75, 3.05) is 40.5 Å². The molecule has 1 aromatic rings. The van der Waals surface area contributed by atoms with Gasteiger partial charge in [0, 0.05) is 26.8 Å². The Morgan fingerprint density at radius 2 is 2.00 bits per heavy atom. The minimum absolute atomic E-state index is 0.0454. The third-order valence-corrected chi connectivity index (χ3v) is 4.83. The van der Waals surface area contributed by atoms with Gasteiger partial charge >= 0.3 is 6.03 Å². The van der Waals surface area contributed by atoms with Crippen LogP contribution in [0.1, 0.15) is 18.0 Å². The van der Waals surface area contributed by atoms with E-state index in [0.29, 0.717) is 31.8 Å². The second kappa shape index (κ2) is 8.26. The highest BCUT2D eigenvalue weighted by Crippen LogP contribution is 2.36. The summed E-state index contributed by atoms with van der Waals surface area (Å²) in [6, 6.07) is 6.71. The maximum Gasteiger partial charge on any atom is 0.322 e. The smallest absolute Gasteiger partial charge is 0.322 e. The van der Waals surface area contributed by atoms with Crippen LogP contribution in [0.4, 0.5) is 4.79 Å². The molecule has 0 radical (unpaired) electrons. The van der Waals surface area contributed by atoms with E-state index in [4.69, 9.17) is 9.47 Å². The predicted molar refractivity (Wildman–Crippen MR) is 101 cm³/mol. The number of amides is 3. The van der Waals surface area contributed by atoms with Crippen LogP contribution in [0, 0.1) is 0 Å². The number of methoxy groups -OCH3 is 2. The predicted octanol–water partition coefficient (Wildman–Crippen LogP) is 2.08. The Kier molecular flexibility index (Phi) is 5.81. The zero-order chi connectivity index (χ0) is 19.4. The molecule has 2 aliphatic rings. The maximum atomic E-state index is 13.1. The van der Waals surface area contributed by atoms with Crippen LogP contribution in [-0.4, -0.2) is 62.2 Å². The molecule has 1 atom stereocenters. The Balaban J connectivity index is 1.93. The van der Waals surface area contributed by atoms with Crippen molar-refractivity contribution in [1.82, 2.24) is 15.1 Å². The molecule has 2 heterocycles. The number of hydrogen-bond donors (Lipinski definition) is 1. The molecule has 0 bridgehead atoms. The van der Waals surface area contributed by atoms with E-state index in [1.807, 2.05) is 24.3 Å². The van der Waals surface area contributed by atoms with E-state index in [2.05, 4.69) is 11.9 Å². The first-order valence-corrected chi connectivity index (χ1v) is 8.94. The summed E-state index contributed by atoms with van der Waals surface area (Å²) in [6.45, 7) is 5.68. The van der Waals surface area contributed by atoms with E-state index in [1.165, 1.54) is 0 Å². The first-order chi connectivity index (χ1) is 13.1. The van der Waals surface area contributed by atoms with Crippen molar-refractivity contribution >= 4 is 11.9 Å². The van der Waals surface area contributed by atoms with Crippen LogP contribution in [0.15, 0.2) is 48.2 Å². The summed E-state index contributed by atoms with van der Waals surface area (Å²) >= 11 is 0. The van der Waals surface area contributed by atoms with Crippen molar-refractivity contribution in [3.05, 3.63) is 53.8 Å². The summed E-state index contributed by atoms with van der Waals surface area (Å²) < 4.78 is 10.3. The molecular formula is C20H25N3O4. The average Bonchev–Trinajstić information content (AvgIpc) is 3.01. The van der Waals surface area contributed by atoms with Gasteiger partial charge in [0.05, 0.1) is 31.0 Å². The third kappa shape index (κ3) is 3.68. The molecule has 1 aromatic carbocycles.